The van der Waals surface area contributed by atoms with E-state index in [1.54, 1.807) is 0 Å². The van der Waals surface area contributed by atoms with Gasteiger partial charge in [0, 0.05) is 12.0 Å². The van der Waals surface area contributed by atoms with E-state index in [1.807, 2.05) is 0 Å². The molecule has 4 heteroatoms. The molecule has 0 aliphatic heterocycles. The lowest BCUT2D eigenvalue weighted by atomic mass is 9.89. The Balaban J connectivity index is 2.42. The predicted octanol–water partition coefficient (Wildman–Crippen LogP) is 1.28. The van der Waals surface area contributed by atoms with Crippen molar-refractivity contribution in [3.8, 4) is 0 Å². The highest BCUT2D eigenvalue weighted by atomic mass is 16.5. The molecule has 4 nitrogen and oxygen atoms in total. The van der Waals surface area contributed by atoms with E-state index in [4.69, 9.17) is 10.3 Å². The molecule has 3 N–H and O–H groups in total. The van der Waals surface area contributed by atoms with Crippen LogP contribution in [0.25, 0.3) is 0 Å². The average Bonchev–Trinajstić information content (AvgIpc) is 2.69. The maximum atomic E-state index is 10.5. The number of aryl methyl sites for hydroxylation is 1. The summed E-state index contributed by atoms with van der Waals surface area (Å²) in [6, 6.07) is 0. The Morgan fingerprint density at radius 2 is 2.33 bits per heavy atom. The van der Waals surface area contributed by atoms with Crippen LogP contribution in [0.4, 0.5) is 0 Å². The quantitative estimate of drug-likeness (QED) is 0.788. The van der Waals surface area contributed by atoms with Crippen LogP contribution in [-0.2, 0) is 12.0 Å². The van der Waals surface area contributed by atoms with Crippen molar-refractivity contribution < 1.29 is 9.63 Å². The summed E-state index contributed by atoms with van der Waals surface area (Å²) in [6.45, 7) is 4.59. The van der Waals surface area contributed by atoms with Crippen molar-refractivity contribution in [3.05, 3.63) is 17.0 Å². The van der Waals surface area contributed by atoms with Gasteiger partial charge in [0.2, 0.25) is 0 Å². The lowest BCUT2D eigenvalue weighted by Crippen LogP contribution is -2.27. The summed E-state index contributed by atoms with van der Waals surface area (Å²) in [4.78, 5) is 0. The van der Waals surface area contributed by atoms with E-state index in [1.165, 1.54) is 0 Å². The molecule has 2 rings (SSSR count). The minimum atomic E-state index is -0.802. The van der Waals surface area contributed by atoms with E-state index < -0.39 is 5.60 Å². The first-order chi connectivity index (χ1) is 7.08. The summed E-state index contributed by atoms with van der Waals surface area (Å²) in [6.07, 6.45) is 2.06. The van der Waals surface area contributed by atoms with Gasteiger partial charge in [0.25, 0.3) is 0 Å². The molecule has 1 unspecified atom stereocenters. The van der Waals surface area contributed by atoms with Gasteiger partial charge in [-0.15, -0.1) is 0 Å². The fourth-order valence-electron chi connectivity index (χ4n) is 2.34. The van der Waals surface area contributed by atoms with Crippen LogP contribution >= 0.6 is 0 Å². The van der Waals surface area contributed by atoms with Crippen molar-refractivity contribution in [3.63, 3.8) is 0 Å². The number of fused-ring (bicyclic) bond motifs is 1. The molecule has 0 aromatic carbocycles. The van der Waals surface area contributed by atoms with Gasteiger partial charge in [0.15, 0.2) is 0 Å². The number of aliphatic hydroxyl groups is 1. The van der Waals surface area contributed by atoms with E-state index >= 15 is 0 Å². The van der Waals surface area contributed by atoms with Crippen molar-refractivity contribution >= 4 is 0 Å². The standard InChI is InChI=1S/C11H18N2O2/c1-7(2)10-9-8(15-13-10)3-4-11(9,14)5-6-12/h7,14H,3-6,12H2,1-2H3. The largest absolute Gasteiger partial charge is 0.385 e. The number of aromatic nitrogens is 1. The zero-order chi connectivity index (χ0) is 11.1. The Labute approximate surface area is 89.4 Å². The zero-order valence-electron chi connectivity index (χ0n) is 9.29. The zero-order valence-corrected chi connectivity index (χ0v) is 9.29. The van der Waals surface area contributed by atoms with Crippen LogP contribution in [0.3, 0.4) is 0 Å². The van der Waals surface area contributed by atoms with Crippen molar-refractivity contribution in [1.29, 1.82) is 0 Å². The highest BCUT2D eigenvalue weighted by Gasteiger charge is 2.42. The molecule has 1 aliphatic carbocycles. The van der Waals surface area contributed by atoms with E-state index in [2.05, 4.69) is 19.0 Å². The first kappa shape index (κ1) is 10.6. The number of hydrogen-bond acceptors (Lipinski definition) is 4. The second-order valence-corrected chi connectivity index (χ2v) is 4.59. The highest BCUT2D eigenvalue weighted by molar-refractivity contribution is 5.36. The summed E-state index contributed by atoms with van der Waals surface area (Å²) in [5.41, 5.74) is 6.53. The summed E-state index contributed by atoms with van der Waals surface area (Å²) in [5, 5.41) is 14.5. The molecule has 1 atom stereocenters. The lowest BCUT2D eigenvalue weighted by molar-refractivity contribution is 0.0307. The van der Waals surface area contributed by atoms with Gasteiger partial charge in [-0.25, -0.2) is 0 Å². The molecule has 0 bridgehead atoms. The fraction of sp³-hybridized carbons (Fsp3) is 0.727. The fourth-order valence-corrected chi connectivity index (χ4v) is 2.34. The lowest BCUT2D eigenvalue weighted by Gasteiger charge is -2.23. The van der Waals surface area contributed by atoms with Gasteiger partial charge in [-0.3, -0.25) is 0 Å². The van der Waals surface area contributed by atoms with Gasteiger partial charge in [-0.1, -0.05) is 19.0 Å². The van der Waals surface area contributed by atoms with Gasteiger partial charge < -0.3 is 15.4 Å². The Bertz CT molecular complexity index is 359. The third-order valence-corrected chi connectivity index (χ3v) is 3.12. The second kappa shape index (κ2) is 3.61. The molecule has 0 saturated carbocycles. The van der Waals surface area contributed by atoms with Crippen molar-refractivity contribution in [1.82, 2.24) is 5.16 Å². The molecule has 1 aromatic heterocycles. The van der Waals surface area contributed by atoms with Crippen molar-refractivity contribution in [2.24, 2.45) is 5.73 Å². The van der Waals surface area contributed by atoms with Crippen LogP contribution in [0.15, 0.2) is 4.52 Å². The molecule has 0 spiro atoms. The Kier molecular flexibility index (Phi) is 2.56. The van der Waals surface area contributed by atoms with Gasteiger partial charge in [-0.05, 0) is 25.3 Å². The minimum absolute atomic E-state index is 0.278. The summed E-state index contributed by atoms with van der Waals surface area (Å²) < 4.78 is 5.26. The third kappa shape index (κ3) is 1.58. The van der Waals surface area contributed by atoms with Gasteiger partial charge in [0.05, 0.1) is 11.3 Å². The van der Waals surface area contributed by atoms with Crippen LogP contribution in [0.2, 0.25) is 0 Å². The molecule has 84 valence electrons. The Hall–Kier alpha value is -0.870. The van der Waals surface area contributed by atoms with E-state index in [-0.39, 0.29) is 5.92 Å². The number of rotatable bonds is 3. The van der Waals surface area contributed by atoms with Crippen LogP contribution in [0, 0.1) is 0 Å². The molecule has 0 amide bonds. The average molecular weight is 210 g/mol. The summed E-state index contributed by atoms with van der Waals surface area (Å²) in [7, 11) is 0. The maximum Gasteiger partial charge on any atom is 0.143 e. The second-order valence-electron chi connectivity index (χ2n) is 4.59. The van der Waals surface area contributed by atoms with Crippen LogP contribution in [0.1, 0.15) is 49.6 Å². The van der Waals surface area contributed by atoms with E-state index in [0.29, 0.717) is 19.4 Å². The van der Waals surface area contributed by atoms with E-state index in [9.17, 15) is 5.11 Å². The Morgan fingerprint density at radius 3 is 2.93 bits per heavy atom. The first-order valence-corrected chi connectivity index (χ1v) is 5.50. The number of hydrogen-bond donors (Lipinski definition) is 2. The molecule has 0 fully saturated rings. The molecular weight excluding hydrogens is 192 g/mol. The molecule has 1 heterocycles. The van der Waals surface area contributed by atoms with Gasteiger partial charge in [-0.2, -0.15) is 0 Å². The van der Waals surface area contributed by atoms with E-state index in [0.717, 1.165) is 23.4 Å². The van der Waals surface area contributed by atoms with Crippen LogP contribution in [-0.4, -0.2) is 16.8 Å². The maximum absolute atomic E-state index is 10.5. The molecular formula is C11H18N2O2. The minimum Gasteiger partial charge on any atom is -0.385 e. The topological polar surface area (TPSA) is 72.3 Å². The molecule has 15 heavy (non-hydrogen) atoms. The van der Waals surface area contributed by atoms with Crippen LogP contribution in [0.5, 0.6) is 0 Å². The SMILES string of the molecule is CC(C)c1noc2c1C(O)(CCN)CC2. The predicted molar refractivity (Wildman–Crippen MR) is 56.5 cm³/mol. The first-order valence-electron chi connectivity index (χ1n) is 5.50. The smallest absolute Gasteiger partial charge is 0.143 e. The Morgan fingerprint density at radius 1 is 1.60 bits per heavy atom. The van der Waals surface area contributed by atoms with Crippen molar-refractivity contribution in [2.75, 3.05) is 6.54 Å². The monoisotopic (exact) mass is 210 g/mol. The molecule has 1 aromatic rings. The van der Waals surface area contributed by atoms with Crippen molar-refractivity contribution in [2.45, 2.75) is 44.6 Å². The molecule has 0 radical (unpaired) electrons. The summed E-state index contributed by atoms with van der Waals surface area (Å²) >= 11 is 0. The normalized spacial score (nSPS) is 24.9. The molecule has 0 saturated heterocycles. The third-order valence-electron chi connectivity index (χ3n) is 3.12. The highest BCUT2D eigenvalue weighted by Crippen LogP contribution is 2.43. The summed E-state index contributed by atoms with van der Waals surface area (Å²) in [5.74, 6) is 1.12. The molecule has 1 aliphatic rings. The number of nitrogens with zero attached hydrogens (tertiary/aromatic N) is 1. The van der Waals surface area contributed by atoms with Gasteiger partial charge >= 0.3 is 0 Å². The number of nitrogens with two attached hydrogens (primary N) is 1. The van der Waals surface area contributed by atoms with Crippen LogP contribution < -0.4 is 5.73 Å². The van der Waals surface area contributed by atoms with Gasteiger partial charge in [0.1, 0.15) is 5.76 Å².